The fourth-order valence-corrected chi connectivity index (χ4v) is 6.55. The summed E-state index contributed by atoms with van der Waals surface area (Å²) in [5.74, 6) is 0.768. The number of sulfone groups is 1. The molecule has 1 amide bonds. The van der Waals surface area contributed by atoms with Crippen LogP contribution in [0, 0.1) is 0 Å². The third-order valence-electron chi connectivity index (χ3n) is 6.96. The third-order valence-corrected chi connectivity index (χ3v) is 8.72. The van der Waals surface area contributed by atoms with Gasteiger partial charge in [-0.05, 0) is 48.9 Å². The number of carbonyl (C=O) groups is 1. The zero-order valence-electron chi connectivity index (χ0n) is 20.4. The number of hydrogen-bond donors (Lipinski definition) is 0. The van der Waals surface area contributed by atoms with Gasteiger partial charge in [0.25, 0.3) is 5.91 Å². The van der Waals surface area contributed by atoms with Crippen molar-refractivity contribution in [2.75, 3.05) is 51.3 Å². The summed E-state index contributed by atoms with van der Waals surface area (Å²) >= 11 is 0. The third kappa shape index (κ3) is 5.44. The highest BCUT2D eigenvalue weighted by molar-refractivity contribution is 7.91. The van der Waals surface area contributed by atoms with E-state index in [1.54, 1.807) is 17.9 Å². The number of benzene rings is 1. The molecule has 2 aromatic heterocycles. The number of hydrogen-bond acceptors (Lipinski definition) is 7. The van der Waals surface area contributed by atoms with Gasteiger partial charge in [0, 0.05) is 56.6 Å². The molecule has 10 heteroatoms. The number of pyridine rings is 1. The first-order valence-electron chi connectivity index (χ1n) is 12.3. The Kier molecular flexibility index (Phi) is 7.06. The molecule has 9 nitrogen and oxygen atoms in total. The van der Waals surface area contributed by atoms with Crippen LogP contribution in [-0.4, -0.2) is 90.2 Å². The van der Waals surface area contributed by atoms with Crippen molar-refractivity contribution in [3.05, 3.63) is 66.1 Å². The summed E-state index contributed by atoms with van der Waals surface area (Å²) in [6, 6.07) is 14.9. The van der Waals surface area contributed by atoms with Crippen LogP contribution in [0.5, 0.6) is 5.75 Å². The molecule has 0 bridgehead atoms. The molecule has 1 aromatic carbocycles. The van der Waals surface area contributed by atoms with E-state index in [9.17, 15) is 13.2 Å². The van der Waals surface area contributed by atoms with E-state index in [0.717, 1.165) is 43.1 Å². The quantitative estimate of drug-likeness (QED) is 0.482. The monoisotopic (exact) mass is 509 g/mol. The van der Waals surface area contributed by atoms with Crippen molar-refractivity contribution >= 4 is 15.7 Å². The van der Waals surface area contributed by atoms with E-state index in [2.05, 4.69) is 9.88 Å². The van der Waals surface area contributed by atoms with Crippen LogP contribution in [0.15, 0.2) is 54.7 Å². The second kappa shape index (κ2) is 10.4. The Balaban J connectivity index is 1.32. The highest BCUT2D eigenvalue weighted by Crippen LogP contribution is 2.29. The number of nitrogens with zero attached hydrogens (tertiary/aromatic N) is 5. The van der Waals surface area contributed by atoms with Gasteiger partial charge >= 0.3 is 0 Å². The summed E-state index contributed by atoms with van der Waals surface area (Å²) in [7, 11) is -1.52. The molecule has 1 atom stereocenters. The predicted octanol–water partition coefficient (Wildman–Crippen LogP) is 2.31. The van der Waals surface area contributed by atoms with Crippen molar-refractivity contribution in [2.24, 2.45) is 0 Å². The van der Waals surface area contributed by atoms with Gasteiger partial charge in [0.2, 0.25) is 0 Å². The van der Waals surface area contributed by atoms with Gasteiger partial charge in [-0.2, -0.15) is 5.10 Å². The van der Waals surface area contributed by atoms with E-state index >= 15 is 0 Å². The van der Waals surface area contributed by atoms with Crippen molar-refractivity contribution in [3.63, 3.8) is 0 Å². The summed E-state index contributed by atoms with van der Waals surface area (Å²) in [6.07, 6.45) is 3.15. The Labute approximate surface area is 211 Å². The zero-order chi connectivity index (χ0) is 25.1. The van der Waals surface area contributed by atoms with Crippen LogP contribution in [0.2, 0.25) is 0 Å². The zero-order valence-corrected chi connectivity index (χ0v) is 21.2. The van der Waals surface area contributed by atoms with Crippen molar-refractivity contribution in [1.82, 2.24) is 24.6 Å². The van der Waals surface area contributed by atoms with Gasteiger partial charge in [-0.1, -0.05) is 6.07 Å². The average Bonchev–Trinajstić information content (AvgIpc) is 3.51. The van der Waals surface area contributed by atoms with Crippen LogP contribution in [0.1, 0.15) is 28.6 Å². The lowest BCUT2D eigenvalue weighted by molar-refractivity contribution is 0.0624. The minimum atomic E-state index is -3.13. The smallest absolute Gasteiger partial charge is 0.272 e. The van der Waals surface area contributed by atoms with E-state index < -0.39 is 9.84 Å². The van der Waals surface area contributed by atoms with Crippen molar-refractivity contribution in [1.29, 1.82) is 0 Å². The molecule has 2 aliphatic rings. The fourth-order valence-electron chi connectivity index (χ4n) is 4.86. The second-order valence-electron chi connectivity index (χ2n) is 9.35. The molecular weight excluding hydrogens is 478 g/mol. The molecule has 0 N–H and O–H groups in total. The first-order chi connectivity index (χ1) is 17.4. The topological polar surface area (TPSA) is 97.6 Å². The van der Waals surface area contributed by atoms with Crippen LogP contribution in [0.3, 0.4) is 0 Å². The molecule has 1 unspecified atom stereocenters. The highest BCUT2D eigenvalue weighted by Gasteiger charge is 2.34. The summed E-state index contributed by atoms with van der Waals surface area (Å²) in [5, 5.41) is 4.72. The molecule has 2 saturated heterocycles. The maximum absolute atomic E-state index is 13.6. The Morgan fingerprint density at radius 1 is 1.08 bits per heavy atom. The maximum Gasteiger partial charge on any atom is 0.272 e. The molecule has 0 radical (unpaired) electrons. The standard InChI is InChI=1S/C26H31N5O4S/c1-35-23-7-5-20(6-8-23)24-18-25(31(28-24)22-10-17-36(33,34)19-22)26(32)30-15-13-29(14-16-30)12-9-21-4-2-3-11-27-21/h2-8,11,18,22H,9-10,12-17,19H2,1H3. The van der Waals surface area contributed by atoms with E-state index in [1.807, 2.05) is 53.6 Å². The van der Waals surface area contributed by atoms with Crippen molar-refractivity contribution < 1.29 is 17.9 Å². The number of rotatable bonds is 7. The lowest BCUT2D eigenvalue weighted by Gasteiger charge is -2.34. The van der Waals surface area contributed by atoms with Crippen LogP contribution in [-0.2, 0) is 16.3 Å². The molecule has 0 saturated carbocycles. The normalized spacial score (nSPS) is 19.9. The number of carbonyl (C=O) groups excluding carboxylic acids is 1. The lowest BCUT2D eigenvalue weighted by atomic mass is 10.1. The highest BCUT2D eigenvalue weighted by atomic mass is 32.2. The SMILES string of the molecule is COc1ccc(-c2cc(C(=O)N3CCN(CCc4ccccn4)CC3)n(C3CCS(=O)(=O)C3)n2)cc1. The summed E-state index contributed by atoms with van der Waals surface area (Å²) in [4.78, 5) is 22.2. The van der Waals surface area contributed by atoms with Gasteiger partial charge in [0.15, 0.2) is 9.84 Å². The lowest BCUT2D eigenvalue weighted by Crippen LogP contribution is -2.49. The molecule has 2 fully saturated rings. The van der Waals surface area contributed by atoms with Crippen LogP contribution < -0.4 is 4.74 Å². The van der Waals surface area contributed by atoms with Crippen LogP contribution in [0.25, 0.3) is 11.3 Å². The Bertz CT molecular complexity index is 1300. The molecule has 0 aliphatic carbocycles. The molecular formula is C26H31N5O4S. The molecule has 0 spiro atoms. The average molecular weight is 510 g/mol. The Morgan fingerprint density at radius 2 is 1.86 bits per heavy atom. The summed E-state index contributed by atoms with van der Waals surface area (Å²) < 4.78 is 31.3. The van der Waals surface area contributed by atoms with Gasteiger partial charge in [-0.3, -0.25) is 19.4 Å². The molecule has 4 heterocycles. The molecule has 2 aliphatic heterocycles. The first kappa shape index (κ1) is 24.5. The van der Waals surface area contributed by atoms with Gasteiger partial charge in [-0.15, -0.1) is 0 Å². The number of ether oxygens (including phenoxy) is 1. The minimum absolute atomic E-state index is 0.0122. The molecule has 190 valence electrons. The first-order valence-corrected chi connectivity index (χ1v) is 14.1. The van der Waals surface area contributed by atoms with Gasteiger partial charge in [0.1, 0.15) is 11.4 Å². The van der Waals surface area contributed by atoms with E-state index in [-0.39, 0.29) is 23.5 Å². The number of aromatic nitrogens is 3. The van der Waals surface area contributed by atoms with E-state index in [1.165, 1.54) is 0 Å². The van der Waals surface area contributed by atoms with E-state index in [4.69, 9.17) is 9.84 Å². The van der Waals surface area contributed by atoms with E-state index in [0.29, 0.717) is 30.9 Å². The van der Waals surface area contributed by atoms with Crippen LogP contribution >= 0.6 is 0 Å². The number of amides is 1. The minimum Gasteiger partial charge on any atom is -0.497 e. The largest absolute Gasteiger partial charge is 0.497 e. The fraction of sp³-hybridized carbons (Fsp3) is 0.423. The van der Waals surface area contributed by atoms with Crippen molar-refractivity contribution in [2.45, 2.75) is 18.9 Å². The van der Waals surface area contributed by atoms with Crippen molar-refractivity contribution in [3.8, 4) is 17.0 Å². The Morgan fingerprint density at radius 3 is 2.50 bits per heavy atom. The molecule has 5 rings (SSSR count). The summed E-state index contributed by atoms with van der Waals surface area (Å²) in [5.41, 5.74) is 3.02. The molecule has 3 aromatic rings. The number of piperazine rings is 1. The maximum atomic E-state index is 13.6. The predicted molar refractivity (Wildman–Crippen MR) is 137 cm³/mol. The number of methoxy groups -OCH3 is 1. The van der Waals surface area contributed by atoms with Gasteiger partial charge in [0.05, 0.1) is 30.4 Å². The second-order valence-corrected chi connectivity index (χ2v) is 11.6. The molecule has 36 heavy (non-hydrogen) atoms. The van der Waals surface area contributed by atoms with Crippen LogP contribution in [0.4, 0.5) is 0 Å². The van der Waals surface area contributed by atoms with Gasteiger partial charge in [-0.25, -0.2) is 8.42 Å². The Hall–Kier alpha value is -3.24. The van der Waals surface area contributed by atoms with Gasteiger partial charge < -0.3 is 9.64 Å². The summed E-state index contributed by atoms with van der Waals surface area (Å²) in [6.45, 7) is 3.71.